The minimum atomic E-state index is -0.720. The minimum absolute atomic E-state index is 0.171. The summed E-state index contributed by atoms with van der Waals surface area (Å²) in [5.74, 6) is -0.367. The number of nitrogens with zero attached hydrogens (tertiary/aromatic N) is 1. The Hall–Kier alpha value is -3.67. The molecule has 0 aliphatic heterocycles. The van der Waals surface area contributed by atoms with Crippen molar-refractivity contribution in [2.75, 3.05) is 13.2 Å². The van der Waals surface area contributed by atoms with Gasteiger partial charge in [0.1, 0.15) is 17.6 Å². The monoisotopic (exact) mass is 434 g/mol. The van der Waals surface area contributed by atoms with Crippen molar-refractivity contribution in [3.63, 3.8) is 0 Å². The van der Waals surface area contributed by atoms with E-state index < -0.39 is 6.04 Å². The Labute approximate surface area is 187 Å². The van der Waals surface area contributed by atoms with E-state index in [0.29, 0.717) is 18.7 Å². The molecule has 0 unspecified atom stereocenters. The van der Waals surface area contributed by atoms with Gasteiger partial charge >= 0.3 is 0 Å². The van der Waals surface area contributed by atoms with Crippen LogP contribution in [0.2, 0.25) is 0 Å². The molecular formula is C26H27FN2O3. The number of para-hydroxylation sites is 1. The highest BCUT2D eigenvalue weighted by Gasteiger charge is 2.26. The number of nitrogens with one attached hydrogen (secondary N) is 1. The van der Waals surface area contributed by atoms with Crippen molar-refractivity contribution < 1.29 is 18.7 Å². The molecule has 1 N–H and O–H groups in total. The normalized spacial score (nSPS) is 11.4. The lowest BCUT2D eigenvalue weighted by Gasteiger charge is -2.28. The third kappa shape index (κ3) is 6.94. The number of hydrogen-bond acceptors (Lipinski definition) is 3. The summed E-state index contributed by atoms with van der Waals surface area (Å²) in [6, 6.07) is 24.0. The molecule has 1 atom stereocenters. The van der Waals surface area contributed by atoms with E-state index in [1.54, 1.807) is 31.2 Å². The molecule has 166 valence electrons. The van der Waals surface area contributed by atoms with Crippen LogP contribution in [0.1, 0.15) is 18.1 Å². The fraction of sp³-hybridized carbons (Fsp3) is 0.231. The van der Waals surface area contributed by atoms with Gasteiger partial charge in [0.25, 0.3) is 5.91 Å². The van der Waals surface area contributed by atoms with E-state index >= 15 is 0 Å². The first-order valence-electron chi connectivity index (χ1n) is 10.6. The second-order valence-electron chi connectivity index (χ2n) is 7.45. The average Bonchev–Trinajstić information content (AvgIpc) is 2.83. The van der Waals surface area contributed by atoms with Crippen LogP contribution in [0.3, 0.4) is 0 Å². The van der Waals surface area contributed by atoms with Crippen LogP contribution in [0.5, 0.6) is 5.75 Å². The lowest BCUT2D eigenvalue weighted by molar-refractivity contribution is -0.142. The summed E-state index contributed by atoms with van der Waals surface area (Å²) in [7, 11) is 0. The predicted octanol–water partition coefficient (Wildman–Crippen LogP) is 3.98. The Balaban J connectivity index is 1.64. The Kier molecular flexibility index (Phi) is 8.37. The van der Waals surface area contributed by atoms with Crippen molar-refractivity contribution in [1.29, 1.82) is 0 Å². The van der Waals surface area contributed by atoms with Crippen LogP contribution >= 0.6 is 0 Å². The van der Waals surface area contributed by atoms with Crippen LogP contribution in [-0.2, 0) is 22.6 Å². The smallest absolute Gasteiger partial charge is 0.261 e. The van der Waals surface area contributed by atoms with E-state index in [0.717, 1.165) is 11.1 Å². The molecule has 0 bridgehead atoms. The highest BCUT2D eigenvalue weighted by Crippen LogP contribution is 2.13. The number of ether oxygens (including phenoxy) is 1. The summed E-state index contributed by atoms with van der Waals surface area (Å²) in [5, 5.41) is 2.90. The zero-order valence-corrected chi connectivity index (χ0v) is 18.0. The largest absolute Gasteiger partial charge is 0.484 e. The van der Waals surface area contributed by atoms with Crippen molar-refractivity contribution in [2.45, 2.75) is 25.9 Å². The van der Waals surface area contributed by atoms with Crippen LogP contribution in [0.4, 0.5) is 4.39 Å². The predicted molar refractivity (Wildman–Crippen MR) is 122 cm³/mol. The van der Waals surface area contributed by atoms with Gasteiger partial charge in [-0.15, -0.1) is 0 Å². The van der Waals surface area contributed by atoms with Gasteiger partial charge in [0, 0.05) is 13.1 Å². The van der Waals surface area contributed by atoms with Crippen LogP contribution in [-0.4, -0.2) is 35.9 Å². The lowest BCUT2D eigenvalue weighted by Crippen LogP contribution is -2.49. The number of halogens is 1. The van der Waals surface area contributed by atoms with Crippen molar-refractivity contribution in [1.82, 2.24) is 10.2 Å². The van der Waals surface area contributed by atoms with Crippen molar-refractivity contribution in [3.8, 4) is 5.75 Å². The number of rotatable bonds is 10. The Morgan fingerprint density at radius 2 is 1.53 bits per heavy atom. The van der Waals surface area contributed by atoms with Gasteiger partial charge in [-0.1, -0.05) is 60.7 Å². The number of hydrogen-bond donors (Lipinski definition) is 1. The van der Waals surface area contributed by atoms with Crippen LogP contribution in [0, 0.1) is 5.82 Å². The number of carbonyl (C=O) groups excluding carboxylic acids is 2. The second-order valence-corrected chi connectivity index (χ2v) is 7.45. The maximum absolute atomic E-state index is 13.3. The topological polar surface area (TPSA) is 58.6 Å². The molecule has 5 nitrogen and oxygen atoms in total. The molecule has 6 heteroatoms. The fourth-order valence-corrected chi connectivity index (χ4v) is 3.24. The quantitative estimate of drug-likeness (QED) is 0.525. The molecule has 3 aromatic carbocycles. The summed E-state index contributed by atoms with van der Waals surface area (Å²) in [4.78, 5) is 27.2. The third-order valence-electron chi connectivity index (χ3n) is 5.09. The molecular weight excluding hydrogens is 407 g/mol. The van der Waals surface area contributed by atoms with E-state index in [4.69, 9.17) is 4.74 Å². The SMILES string of the molecule is C[C@@H](C(=O)NCCc1ccccc1)N(Cc1ccc(F)cc1)C(=O)COc1ccccc1. The maximum Gasteiger partial charge on any atom is 0.261 e. The first-order chi connectivity index (χ1) is 15.5. The molecule has 3 rings (SSSR count). The van der Waals surface area contributed by atoms with Crippen molar-refractivity contribution in [2.24, 2.45) is 0 Å². The Morgan fingerprint density at radius 3 is 2.19 bits per heavy atom. The van der Waals surface area contributed by atoms with E-state index in [1.165, 1.54) is 17.0 Å². The second kappa shape index (κ2) is 11.6. The Bertz CT molecular complexity index is 995. The van der Waals surface area contributed by atoms with Gasteiger partial charge in [-0.25, -0.2) is 4.39 Å². The number of amides is 2. The van der Waals surface area contributed by atoms with Gasteiger partial charge in [0.05, 0.1) is 0 Å². The van der Waals surface area contributed by atoms with Crippen LogP contribution in [0.15, 0.2) is 84.9 Å². The molecule has 0 saturated heterocycles. The van der Waals surface area contributed by atoms with Gasteiger partial charge in [-0.2, -0.15) is 0 Å². The minimum Gasteiger partial charge on any atom is -0.484 e. The van der Waals surface area contributed by atoms with E-state index in [1.807, 2.05) is 48.5 Å². The molecule has 0 aliphatic carbocycles. The highest BCUT2D eigenvalue weighted by atomic mass is 19.1. The summed E-state index contributed by atoms with van der Waals surface area (Å²) in [5.41, 5.74) is 1.85. The lowest BCUT2D eigenvalue weighted by atomic mass is 10.1. The summed E-state index contributed by atoms with van der Waals surface area (Å²) in [6.07, 6.45) is 0.697. The maximum atomic E-state index is 13.3. The molecule has 0 radical (unpaired) electrons. The molecule has 32 heavy (non-hydrogen) atoms. The van der Waals surface area contributed by atoms with Gasteiger partial charge in [0.15, 0.2) is 6.61 Å². The summed E-state index contributed by atoms with van der Waals surface area (Å²) in [6.45, 7) is 2.12. The van der Waals surface area contributed by atoms with E-state index in [2.05, 4.69) is 5.32 Å². The molecule has 0 spiro atoms. The number of carbonyl (C=O) groups is 2. The van der Waals surface area contributed by atoms with Crippen molar-refractivity contribution >= 4 is 11.8 Å². The van der Waals surface area contributed by atoms with Crippen LogP contribution in [0.25, 0.3) is 0 Å². The van der Waals surface area contributed by atoms with Gasteiger partial charge < -0.3 is 15.0 Å². The van der Waals surface area contributed by atoms with Gasteiger partial charge in [0.2, 0.25) is 5.91 Å². The molecule has 2 amide bonds. The average molecular weight is 435 g/mol. The first kappa shape index (κ1) is 23.0. The van der Waals surface area contributed by atoms with E-state index in [-0.39, 0.29) is 30.8 Å². The first-order valence-corrected chi connectivity index (χ1v) is 10.6. The molecule has 0 aromatic heterocycles. The third-order valence-corrected chi connectivity index (χ3v) is 5.09. The fourth-order valence-electron chi connectivity index (χ4n) is 3.24. The molecule has 0 heterocycles. The van der Waals surface area contributed by atoms with Gasteiger partial charge in [-0.3, -0.25) is 9.59 Å². The zero-order chi connectivity index (χ0) is 22.8. The van der Waals surface area contributed by atoms with E-state index in [9.17, 15) is 14.0 Å². The standard InChI is InChI=1S/C26H27FN2O3/c1-20(26(31)28-17-16-21-8-4-2-5-9-21)29(18-22-12-14-23(27)15-13-22)25(30)19-32-24-10-6-3-7-11-24/h2-15,20H,16-19H2,1H3,(H,28,31)/t20-/m0/s1. The Morgan fingerprint density at radius 1 is 0.906 bits per heavy atom. The molecule has 3 aromatic rings. The summed E-state index contributed by atoms with van der Waals surface area (Å²) < 4.78 is 18.9. The number of benzene rings is 3. The highest BCUT2D eigenvalue weighted by molar-refractivity contribution is 5.88. The van der Waals surface area contributed by atoms with Crippen LogP contribution < -0.4 is 10.1 Å². The van der Waals surface area contributed by atoms with Crippen molar-refractivity contribution in [3.05, 3.63) is 102 Å². The van der Waals surface area contributed by atoms with Gasteiger partial charge in [-0.05, 0) is 48.7 Å². The molecule has 0 fully saturated rings. The zero-order valence-electron chi connectivity index (χ0n) is 18.0. The molecule has 0 aliphatic rings. The molecule has 0 saturated carbocycles. The summed E-state index contributed by atoms with van der Waals surface area (Å²) >= 11 is 0.